The zero-order valence-electron chi connectivity index (χ0n) is 15.5. The van der Waals surface area contributed by atoms with Crippen LogP contribution in [0.5, 0.6) is 11.5 Å². The molecular formula is C22H30O2. The van der Waals surface area contributed by atoms with Gasteiger partial charge in [-0.2, -0.15) is 0 Å². The van der Waals surface area contributed by atoms with Crippen LogP contribution in [0.3, 0.4) is 0 Å². The van der Waals surface area contributed by atoms with Crippen LogP contribution in [0.2, 0.25) is 0 Å². The van der Waals surface area contributed by atoms with Crippen molar-refractivity contribution in [2.24, 2.45) is 0 Å². The van der Waals surface area contributed by atoms with Gasteiger partial charge in [0.05, 0.1) is 5.56 Å². The van der Waals surface area contributed by atoms with E-state index >= 15 is 0 Å². The number of ether oxygens (including phenoxy) is 1. The summed E-state index contributed by atoms with van der Waals surface area (Å²) in [4.78, 5) is 0. The molecule has 0 aromatic heterocycles. The lowest BCUT2D eigenvalue weighted by molar-refractivity contribution is 0.128. The standard InChI is InChI=1S/C22H30O2/c1-16(2)8-6-9-17(3)10-7-12-22(5)13-11-19-20(23)14-18(4)15-21(19)24-22/h10-11,13-15,23H,1,6-9,12H2,2-5H3. The minimum absolute atomic E-state index is 0.288. The maximum Gasteiger partial charge on any atom is 0.131 e. The van der Waals surface area contributed by atoms with Crippen molar-refractivity contribution in [3.05, 3.63) is 53.1 Å². The summed E-state index contributed by atoms with van der Waals surface area (Å²) in [6.07, 6.45) is 11.7. The van der Waals surface area contributed by atoms with Crippen LogP contribution in [-0.2, 0) is 0 Å². The SMILES string of the molecule is C=C(C)CCCC(C)=CCCC1(C)C=Cc2c(O)cc(C)cc2O1. The van der Waals surface area contributed by atoms with Gasteiger partial charge < -0.3 is 9.84 Å². The van der Waals surface area contributed by atoms with E-state index in [1.807, 2.05) is 19.1 Å². The largest absolute Gasteiger partial charge is 0.507 e. The summed E-state index contributed by atoms with van der Waals surface area (Å²) in [5, 5.41) is 10.0. The predicted molar refractivity (Wildman–Crippen MR) is 103 cm³/mol. The Morgan fingerprint density at radius 1 is 1.29 bits per heavy atom. The van der Waals surface area contributed by atoms with E-state index in [1.54, 1.807) is 6.07 Å². The zero-order valence-corrected chi connectivity index (χ0v) is 15.5. The van der Waals surface area contributed by atoms with Gasteiger partial charge in [0.15, 0.2) is 0 Å². The highest BCUT2D eigenvalue weighted by Crippen LogP contribution is 2.38. The number of allylic oxidation sites excluding steroid dienone is 3. The summed E-state index contributed by atoms with van der Waals surface area (Å²) < 4.78 is 6.19. The summed E-state index contributed by atoms with van der Waals surface area (Å²) in [6.45, 7) is 12.3. The Morgan fingerprint density at radius 3 is 2.75 bits per heavy atom. The molecule has 0 bridgehead atoms. The number of phenolic OH excluding ortho intramolecular Hbond substituents is 1. The smallest absolute Gasteiger partial charge is 0.131 e. The van der Waals surface area contributed by atoms with E-state index in [2.05, 4.69) is 39.5 Å². The molecule has 0 amide bonds. The highest BCUT2D eigenvalue weighted by Gasteiger charge is 2.27. The highest BCUT2D eigenvalue weighted by atomic mass is 16.5. The molecule has 0 radical (unpaired) electrons. The molecule has 130 valence electrons. The molecular weight excluding hydrogens is 296 g/mol. The quantitative estimate of drug-likeness (QED) is 0.593. The molecule has 1 aliphatic heterocycles. The summed E-state index contributed by atoms with van der Waals surface area (Å²) in [7, 11) is 0. The second-order valence-electron chi connectivity index (χ2n) is 7.34. The minimum atomic E-state index is -0.318. The Labute approximate surface area is 146 Å². The van der Waals surface area contributed by atoms with Crippen molar-refractivity contribution in [2.75, 3.05) is 0 Å². The molecule has 2 rings (SSSR count). The first-order valence-corrected chi connectivity index (χ1v) is 8.81. The molecule has 1 heterocycles. The van der Waals surface area contributed by atoms with E-state index in [0.29, 0.717) is 0 Å². The molecule has 1 N–H and O–H groups in total. The average molecular weight is 326 g/mol. The molecule has 1 aromatic carbocycles. The second kappa shape index (κ2) is 7.74. The van der Waals surface area contributed by atoms with Crippen LogP contribution >= 0.6 is 0 Å². The third-order valence-electron chi connectivity index (χ3n) is 4.52. The lowest BCUT2D eigenvalue weighted by Gasteiger charge is -2.32. The molecule has 0 saturated carbocycles. The third-order valence-corrected chi connectivity index (χ3v) is 4.52. The molecule has 0 saturated heterocycles. The van der Waals surface area contributed by atoms with Gasteiger partial charge in [-0.05, 0) is 89.6 Å². The van der Waals surface area contributed by atoms with E-state index in [0.717, 1.165) is 42.6 Å². The topological polar surface area (TPSA) is 29.5 Å². The Morgan fingerprint density at radius 2 is 2.04 bits per heavy atom. The number of phenols is 1. The van der Waals surface area contributed by atoms with Crippen LogP contribution in [0.1, 0.15) is 64.0 Å². The van der Waals surface area contributed by atoms with Crippen LogP contribution in [0.15, 0.2) is 42.0 Å². The van der Waals surface area contributed by atoms with Gasteiger partial charge in [-0.3, -0.25) is 0 Å². The fourth-order valence-electron chi connectivity index (χ4n) is 3.05. The van der Waals surface area contributed by atoms with E-state index < -0.39 is 0 Å². The summed E-state index contributed by atoms with van der Waals surface area (Å²) in [6, 6.07) is 3.77. The van der Waals surface area contributed by atoms with Crippen molar-refractivity contribution in [1.29, 1.82) is 0 Å². The fourth-order valence-corrected chi connectivity index (χ4v) is 3.05. The molecule has 2 heteroatoms. The van der Waals surface area contributed by atoms with Crippen molar-refractivity contribution in [3.8, 4) is 11.5 Å². The van der Waals surface area contributed by atoms with E-state index in [4.69, 9.17) is 4.74 Å². The molecule has 1 atom stereocenters. The molecule has 0 fully saturated rings. The van der Waals surface area contributed by atoms with Gasteiger partial charge in [0.1, 0.15) is 17.1 Å². The molecule has 1 aromatic rings. The van der Waals surface area contributed by atoms with Gasteiger partial charge in [-0.25, -0.2) is 0 Å². The van der Waals surface area contributed by atoms with Crippen molar-refractivity contribution in [3.63, 3.8) is 0 Å². The Balaban J connectivity index is 1.93. The summed E-state index contributed by atoms with van der Waals surface area (Å²) >= 11 is 0. The summed E-state index contributed by atoms with van der Waals surface area (Å²) in [5.41, 5.74) is 4.17. The van der Waals surface area contributed by atoms with Crippen LogP contribution in [0.25, 0.3) is 6.08 Å². The van der Waals surface area contributed by atoms with Gasteiger partial charge in [-0.1, -0.05) is 17.2 Å². The van der Waals surface area contributed by atoms with Crippen molar-refractivity contribution in [2.45, 2.75) is 65.4 Å². The van der Waals surface area contributed by atoms with E-state index in [1.165, 1.54) is 17.6 Å². The lowest BCUT2D eigenvalue weighted by Crippen LogP contribution is -2.31. The minimum Gasteiger partial charge on any atom is -0.507 e. The van der Waals surface area contributed by atoms with E-state index in [9.17, 15) is 5.11 Å². The van der Waals surface area contributed by atoms with Crippen molar-refractivity contribution in [1.82, 2.24) is 0 Å². The van der Waals surface area contributed by atoms with Gasteiger partial charge in [0.2, 0.25) is 0 Å². The molecule has 0 spiro atoms. The maximum absolute atomic E-state index is 10.0. The summed E-state index contributed by atoms with van der Waals surface area (Å²) in [5.74, 6) is 1.07. The normalized spacial score (nSPS) is 19.8. The molecule has 1 unspecified atom stereocenters. The predicted octanol–water partition coefficient (Wildman–Crippen LogP) is 6.34. The molecule has 24 heavy (non-hydrogen) atoms. The number of fused-ring (bicyclic) bond motifs is 1. The van der Waals surface area contributed by atoms with E-state index in [-0.39, 0.29) is 11.4 Å². The first-order valence-electron chi connectivity index (χ1n) is 8.81. The average Bonchev–Trinajstić information content (AvgIpc) is 2.45. The lowest BCUT2D eigenvalue weighted by atomic mass is 9.93. The van der Waals surface area contributed by atoms with Crippen LogP contribution in [0.4, 0.5) is 0 Å². The molecule has 1 aliphatic rings. The molecule has 0 aliphatic carbocycles. The fraction of sp³-hybridized carbons (Fsp3) is 0.455. The number of aryl methyl sites for hydroxylation is 1. The first kappa shape index (κ1) is 18.4. The first-order chi connectivity index (χ1) is 11.3. The number of aromatic hydroxyl groups is 1. The van der Waals surface area contributed by atoms with Crippen LogP contribution in [-0.4, -0.2) is 10.7 Å². The number of hydrogen-bond acceptors (Lipinski definition) is 2. The van der Waals surface area contributed by atoms with Gasteiger partial charge in [-0.15, -0.1) is 6.58 Å². The van der Waals surface area contributed by atoms with Crippen LogP contribution < -0.4 is 4.74 Å². The zero-order chi connectivity index (χ0) is 17.7. The van der Waals surface area contributed by atoms with Crippen LogP contribution in [0, 0.1) is 6.92 Å². The third kappa shape index (κ3) is 5.02. The van der Waals surface area contributed by atoms with Gasteiger partial charge in [0, 0.05) is 0 Å². The maximum atomic E-state index is 10.0. The Bertz CT molecular complexity index is 667. The molecule has 2 nitrogen and oxygen atoms in total. The van der Waals surface area contributed by atoms with Gasteiger partial charge >= 0.3 is 0 Å². The number of hydrogen-bond donors (Lipinski definition) is 1. The highest BCUT2D eigenvalue weighted by molar-refractivity contribution is 5.67. The monoisotopic (exact) mass is 326 g/mol. The number of rotatable bonds is 7. The Kier molecular flexibility index (Phi) is 5.93. The second-order valence-corrected chi connectivity index (χ2v) is 7.34. The Hall–Kier alpha value is -1.96. The van der Waals surface area contributed by atoms with Crippen molar-refractivity contribution >= 4 is 6.08 Å². The number of benzene rings is 1. The van der Waals surface area contributed by atoms with Gasteiger partial charge in [0.25, 0.3) is 0 Å². The van der Waals surface area contributed by atoms with Crippen molar-refractivity contribution < 1.29 is 9.84 Å².